The van der Waals surface area contributed by atoms with Crippen molar-refractivity contribution < 1.29 is 38.2 Å². The van der Waals surface area contributed by atoms with Crippen molar-refractivity contribution in [2.75, 3.05) is 32.9 Å². The van der Waals surface area contributed by atoms with Crippen LogP contribution in [0.25, 0.3) is 11.1 Å². The molecule has 0 unspecified atom stereocenters. The van der Waals surface area contributed by atoms with Crippen LogP contribution < -0.4 is 26.6 Å². The van der Waals surface area contributed by atoms with Crippen molar-refractivity contribution in [3.63, 3.8) is 0 Å². The first-order valence-corrected chi connectivity index (χ1v) is 14.6. The minimum Gasteiger partial charge on any atom is -0.445 e. The van der Waals surface area contributed by atoms with Gasteiger partial charge in [-0.1, -0.05) is 78.9 Å². The van der Waals surface area contributed by atoms with E-state index in [9.17, 15) is 28.8 Å². The molecule has 5 amide bonds. The van der Waals surface area contributed by atoms with Crippen LogP contribution in [0, 0.1) is 0 Å². The summed E-state index contributed by atoms with van der Waals surface area (Å²) in [7, 11) is 0. The van der Waals surface area contributed by atoms with Gasteiger partial charge in [0.25, 0.3) is 0 Å². The van der Waals surface area contributed by atoms with Gasteiger partial charge < -0.3 is 36.1 Å². The van der Waals surface area contributed by atoms with E-state index in [1.807, 2.05) is 66.7 Å². The molecule has 240 valence electrons. The highest BCUT2D eigenvalue weighted by atomic mass is 16.6. The van der Waals surface area contributed by atoms with E-state index < -0.39 is 61.4 Å². The molecule has 0 heterocycles. The zero-order valence-corrected chi connectivity index (χ0v) is 25.2. The second-order valence-corrected chi connectivity index (χ2v) is 10.3. The van der Waals surface area contributed by atoms with Crippen molar-refractivity contribution in [2.24, 2.45) is 0 Å². The fourth-order valence-electron chi connectivity index (χ4n) is 5.01. The zero-order chi connectivity index (χ0) is 32.9. The topological polar surface area (TPSA) is 181 Å². The standard InChI is InChI=1S/C33H35N5O8/c1-21(39)45-20-38-31(43)18-36-29(41)16-34-28(40)17-35-30(42)19-37-33(44)46-27(15-22-9-3-2-4-10-22)32-25-13-7-5-11-23(25)24-12-6-8-14-26(24)32/h2-14,27,32H,15-20H2,1H3,(H,34,40)(H,35,42)(H,36,41)(H,37,44)(H,38,43)/t27-/m0/s1. The van der Waals surface area contributed by atoms with Crippen LogP contribution in [0.15, 0.2) is 78.9 Å². The first kappa shape index (κ1) is 33.2. The summed E-state index contributed by atoms with van der Waals surface area (Å²) in [6.07, 6.45) is -0.913. The average Bonchev–Trinajstić information content (AvgIpc) is 3.39. The van der Waals surface area contributed by atoms with Gasteiger partial charge in [-0.05, 0) is 27.8 Å². The van der Waals surface area contributed by atoms with Gasteiger partial charge in [-0.15, -0.1) is 0 Å². The molecular formula is C33H35N5O8. The number of hydrogen-bond donors (Lipinski definition) is 5. The number of esters is 1. The van der Waals surface area contributed by atoms with Crippen LogP contribution in [-0.2, 0) is 39.9 Å². The maximum atomic E-state index is 13.0. The highest BCUT2D eigenvalue weighted by molar-refractivity contribution is 5.90. The Morgan fingerprint density at radius 2 is 1.07 bits per heavy atom. The van der Waals surface area contributed by atoms with Crippen molar-refractivity contribution in [3.05, 3.63) is 95.6 Å². The van der Waals surface area contributed by atoms with Gasteiger partial charge in [0.05, 0.1) is 19.6 Å². The summed E-state index contributed by atoms with van der Waals surface area (Å²) in [4.78, 5) is 71.4. The average molecular weight is 630 g/mol. The summed E-state index contributed by atoms with van der Waals surface area (Å²) in [5, 5.41) is 11.7. The second-order valence-electron chi connectivity index (χ2n) is 10.3. The number of nitrogens with one attached hydrogen (secondary N) is 5. The van der Waals surface area contributed by atoms with Gasteiger partial charge in [-0.25, -0.2) is 4.79 Å². The maximum Gasteiger partial charge on any atom is 0.407 e. The number of carbonyl (C=O) groups excluding carboxylic acids is 6. The summed E-state index contributed by atoms with van der Waals surface area (Å²) < 4.78 is 10.5. The number of amides is 5. The van der Waals surface area contributed by atoms with Gasteiger partial charge in [0.15, 0.2) is 6.73 Å². The first-order chi connectivity index (χ1) is 22.2. The first-order valence-electron chi connectivity index (χ1n) is 14.6. The Hall–Kier alpha value is -5.72. The third-order valence-electron chi connectivity index (χ3n) is 7.07. The highest BCUT2D eigenvalue weighted by Crippen LogP contribution is 2.47. The van der Waals surface area contributed by atoms with E-state index in [1.54, 1.807) is 0 Å². The molecule has 1 aliphatic carbocycles. The number of carbonyl (C=O) groups is 6. The molecule has 0 radical (unpaired) electrons. The van der Waals surface area contributed by atoms with Crippen LogP contribution in [0.5, 0.6) is 0 Å². The SMILES string of the molecule is CC(=O)OCNC(=O)CNC(=O)CNC(=O)CNC(=O)CNC(=O)O[C@@H](Cc1ccccc1)C1c2ccccc2-c2ccccc21. The lowest BCUT2D eigenvalue weighted by molar-refractivity contribution is -0.143. The van der Waals surface area contributed by atoms with Crippen LogP contribution >= 0.6 is 0 Å². The number of hydrogen-bond acceptors (Lipinski definition) is 8. The Labute approximate surface area is 265 Å². The summed E-state index contributed by atoms with van der Waals surface area (Å²) in [6, 6.07) is 25.7. The minimum atomic E-state index is -0.782. The Morgan fingerprint density at radius 3 is 1.59 bits per heavy atom. The lowest BCUT2D eigenvalue weighted by Gasteiger charge is -2.26. The summed E-state index contributed by atoms with van der Waals surface area (Å²) in [5.41, 5.74) is 5.26. The van der Waals surface area contributed by atoms with Gasteiger partial charge >= 0.3 is 12.1 Å². The van der Waals surface area contributed by atoms with E-state index >= 15 is 0 Å². The monoisotopic (exact) mass is 629 g/mol. The number of fused-ring (bicyclic) bond motifs is 3. The van der Waals surface area contributed by atoms with E-state index in [0.29, 0.717) is 6.42 Å². The predicted molar refractivity (Wildman–Crippen MR) is 166 cm³/mol. The molecule has 0 saturated carbocycles. The van der Waals surface area contributed by atoms with Crippen LogP contribution in [0.1, 0.15) is 29.5 Å². The molecule has 0 aromatic heterocycles. The molecule has 1 aliphatic rings. The van der Waals surface area contributed by atoms with Crippen molar-refractivity contribution in [3.8, 4) is 11.1 Å². The molecule has 0 saturated heterocycles. The molecule has 4 rings (SSSR count). The Kier molecular flexibility index (Phi) is 11.8. The third-order valence-corrected chi connectivity index (χ3v) is 7.07. The third kappa shape index (κ3) is 9.64. The summed E-state index contributed by atoms with van der Waals surface area (Å²) in [5.74, 6) is -3.33. The second kappa shape index (κ2) is 16.4. The molecule has 1 atom stereocenters. The lowest BCUT2D eigenvalue weighted by atomic mass is 9.87. The smallest absolute Gasteiger partial charge is 0.407 e. The van der Waals surface area contributed by atoms with E-state index in [0.717, 1.165) is 27.8 Å². The fourth-order valence-corrected chi connectivity index (χ4v) is 5.01. The number of ether oxygens (including phenoxy) is 2. The molecule has 3 aromatic rings. The van der Waals surface area contributed by atoms with Crippen molar-refractivity contribution >= 4 is 35.7 Å². The van der Waals surface area contributed by atoms with Crippen LogP contribution in [0.4, 0.5) is 4.79 Å². The van der Waals surface area contributed by atoms with E-state index in [1.165, 1.54) is 6.92 Å². The van der Waals surface area contributed by atoms with Gasteiger partial charge in [-0.2, -0.15) is 0 Å². The molecule has 13 nitrogen and oxygen atoms in total. The molecule has 5 N–H and O–H groups in total. The van der Waals surface area contributed by atoms with Gasteiger partial charge in [-0.3, -0.25) is 24.0 Å². The van der Waals surface area contributed by atoms with Gasteiger partial charge in [0, 0.05) is 19.3 Å². The molecule has 46 heavy (non-hydrogen) atoms. The normalized spacial score (nSPS) is 12.0. The van der Waals surface area contributed by atoms with E-state index in [-0.39, 0.29) is 19.2 Å². The Balaban J connectivity index is 1.24. The van der Waals surface area contributed by atoms with Crippen LogP contribution in [-0.4, -0.2) is 74.7 Å². The predicted octanol–water partition coefficient (Wildman–Crippen LogP) is 1.12. The number of alkyl carbamates (subject to hydrolysis) is 1. The summed E-state index contributed by atoms with van der Waals surface area (Å²) in [6.45, 7) is -0.858. The quantitative estimate of drug-likeness (QED) is 0.130. The molecule has 0 fully saturated rings. The largest absolute Gasteiger partial charge is 0.445 e. The Morgan fingerprint density at radius 1 is 0.609 bits per heavy atom. The van der Waals surface area contributed by atoms with Crippen LogP contribution in [0.2, 0.25) is 0 Å². The number of rotatable bonds is 14. The fraction of sp³-hybridized carbons (Fsp3) is 0.273. The van der Waals surface area contributed by atoms with E-state index in [2.05, 4.69) is 43.5 Å². The molecule has 0 aliphatic heterocycles. The molecule has 13 heteroatoms. The summed E-state index contributed by atoms with van der Waals surface area (Å²) >= 11 is 0. The Bertz CT molecular complexity index is 1530. The van der Waals surface area contributed by atoms with Crippen molar-refractivity contribution in [2.45, 2.75) is 25.4 Å². The zero-order valence-electron chi connectivity index (χ0n) is 25.2. The van der Waals surface area contributed by atoms with Crippen LogP contribution in [0.3, 0.4) is 0 Å². The minimum absolute atomic E-state index is 0.219. The molecule has 0 bridgehead atoms. The highest BCUT2D eigenvalue weighted by Gasteiger charge is 2.36. The lowest BCUT2D eigenvalue weighted by Crippen LogP contribution is -2.46. The molecule has 0 spiro atoms. The van der Waals surface area contributed by atoms with Crippen molar-refractivity contribution in [1.82, 2.24) is 26.6 Å². The van der Waals surface area contributed by atoms with Gasteiger partial charge in [0.1, 0.15) is 12.6 Å². The van der Waals surface area contributed by atoms with Crippen molar-refractivity contribution in [1.29, 1.82) is 0 Å². The maximum absolute atomic E-state index is 13.0. The van der Waals surface area contributed by atoms with Gasteiger partial charge in [0.2, 0.25) is 23.6 Å². The molecule has 3 aromatic carbocycles. The van der Waals surface area contributed by atoms with E-state index in [4.69, 9.17) is 4.74 Å². The molecular weight excluding hydrogens is 594 g/mol. The number of benzene rings is 3.